The Labute approximate surface area is 128 Å². The van der Waals surface area contributed by atoms with Crippen LogP contribution < -0.4 is 20.3 Å². The summed E-state index contributed by atoms with van der Waals surface area (Å²) < 4.78 is 11.5. The van der Waals surface area contributed by atoms with Crippen molar-refractivity contribution >= 4 is 10.9 Å². The molecule has 0 amide bonds. The Morgan fingerprint density at radius 1 is 1.36 bits per heavy atom. The number of benzene rings is 1. The number of methoxy groups -OCH3 is 1. The molecule has 6 nitrogen and oxygen atoms in total. The number of fused-ring (bicyclic) bond motifs is 1. The van der Waals surface area contributed by atoms with Crippen molar-refractivity contribution in [1.29, 1.82) is 0 Å². The lowest BCUT2D eigenvalue weighted by molar-refractivity contribution is 0.127. The van der Waals surface area contributed by atoms with Gasteiger partial charge in [0.25, 0.3) is 5.56 Å². The van der Waals surface area contributed by atoms with Crippen LogP contribution in [0.4, 0.5) is 0 Å². The van der Waals surface area contributed by atoms with Gasteiger partial charge >= 0.3 is 0 Å². The van der Waals surface area contributed by atoms with Gasteiger partial charge in [0, 0.05) is 18.5 Å². The van der Waals surface area contributed by atoms with Gasteiger partial charge in [-0.2, -0.15) is 0 Å². The van der Waals surface area contributed by atoms with E-state index in [4.69, 9.17) is 9.47 Å². The summed E-state index contributed by atoms with van der Waals surface area (Å²) in [5.41, 5.74) is 0.424. The number of aromatic nitrogens is 2. The van der Waals surface area contributed by atoms with E-state index in [1.54, 1.807) is 19.2 Å². The van der Waals surface area contributed by atoms with Gasteiger partial charge in [-0.1, -0.05) is 0 Å². The normalized spacial score (nSPS) is 19.8. The number of nitrogens with zero attached hydrogens (tertiary/aromatic N) is 1. The maximum atomic E-state index is 11.8. The van der Waals surface area contributed by atoms with Gasteiger partial charge in [0.05, 0.1) is 24.3 Å². The first-order valence-corrected chi connectivity index (χ1v) is 7.62. The van der Waals surface area contributed by atoms with Crippen LogP contribution in [-0.4, -0.2) is 36.3 Å². The molecule has 2 heterocycles. The van der Waals surface area contributed by atoms with Crippen LogP contribution in [0, 0.1) is 5.92 Å². The SMILES string of the molecule is COc1cc2c(=O)[nH]cnc2cc1OC(C)C1CCCNC1. The molecular weight excluding hydrogens is 282 g/mol. The minimum Gasteiger partial charge on any atom is -0.493 e. The van der Waals surface area contributed by atoms with E-state index in [0.29, 0.717) is 28.3 Å². The van der Waals surface area contributed by atoms with Crippen molar-refractivity contribution in [1.82, 2.24) is 15.3 Å². The van der Waals surface area contributed by atoms with Crippen LogP contribution in [0.15, 0.2) is 23.3 Å². The van der Waals surface area contributed by atoms with E-state index in [2.05, 4.69) is 22.2 Å². The summed E-state index contributed by atoms with van der Waals surface area (Å²) in [5.74, 6) is 1.66. The fourth-order valence-corrected chi connectivity index (χ4v) is 2.90. The van der Waals surface area contributed by atoms with E-state index in [1.165, 1.54) is 12.7 Å². The minimum absolute atomic E-state index is 0.0705. The number of aromatic amines is 1. The first-order valence-electron chi connectivity index (χ1n) is 7.62. The number of H-pyrrole nitrogens is 1. The second kappa shape index (κ2) is 6.36. The molecule has 118 valence electrons. The molecule has 2 unspecified atom stereocenters. The Bertz CT molecular complexity index is 707. The standard InChI is InChI=1S/C16H21N3O3/c1-10(11-4-3-5-17-8-11)22-15-7-13-12(6-14(15)21-2)16(20)19-9-18-13/h6-7,9-11,17H,3-5,8H2,1-2H3,(H,18,19,20). The molecule has 0 spiro atoms. The summed E-state index contributed by atoms with van der Waals surface area (Å²) in [6.45, 7) is 4.12. The molecule has 1 fully saturated rings. The summed E-state index contributed by atoms with van der Waals surface area (Å²) in [5, 5.41) is 3.90. The molecular formula is C16H21N3O3. The van der Waals surface area contributed by atoms with Crippen LogP contribution in [0.1, 0.15) is 19.8 Å². The van der Waals surface area contributed by atoms with Gasteiger partial charge in [-0.3, -0.25) is 4.79 Å². The summed E-state index contributed by atoms with van der Waals surface area (Å²) in [7, 11) is 1.57. The predicted molar refractivity (Wildman–Crippen MR) is 84.6 cm³/mol. The third-order valence-corrected chi connectivity index (χ3v) is 4.24. The van der Waals surface area contributed by atoms with Gasteiger partial charge in [0.15, 0.2) is 11.5 Å². The molecule has 1 saturated heterocycles. The molecule has 0 bridgehead atoms. The van der Waals surface area contributed by atoms with Crippen LogP contribution in [0.2, 0.25) is 0 Å². The molecule has 2 aromatic rings. The second-order valence-electron chi connectivity index (χ2n) is 5.68. The van der Waals surface area contributed by atoms with Crippen molar-refractivity contribution in [2.24, 2.45) is 5.92 Å². The fourth-order valence-electron chi connectivity index (χ4n) is 2.90. The van der Waals surface area contributed by atoms with Crippen LogP contribution in [0.5, 0.6) is 11.5 Å². The van der Waals surface area contributed by atoms with E-state index in [9.17, 15) is 4.79 Å². The van der Waals surface area contributed by atoms with Gasteiger partial charge in [-0.15, -0.1) is 0 Å². The van der Waals surface area contributed by atoms with Crippen LogP contribution in [-0.2, 0) is 0 Å². The quantitative estimate of drug-likeness (QED) is 0.899. The van der Waals surface area contributed by atoms with Gasteiger partial charge in [-0.25, -0.2) is 4.98 Å². The molecule has 0 aliphatic carbocycles. The number of rotatable bonds is 4. The van der Waals surface area contributed by atoms with E-state index in [-0.39, 0.29) is 11.7 Å². The largest absolute Gasteiger partial charge is 0.493 e. The number of hydrogen-bond donors (Lipinski definition) is 2. The highest BCUT2D eigenvalue weighted by Gasteiger charge is 2.22. The first kappa shape index (κ1) is 14.8. The molecule has 1 aromatic carbocycles. The molecule has 1 aliphatic rings. The number of piperidine rings is 1. The smallest absolute Gasteiger partial charge is 0.258 e. The lowest BCUT2D eigenvalue weighted by Gasteiger charge is -2.29. The monoisotopic (exact) mass is 303 g/mol. The molecule has 1 aliphatic heterocycles. The van der Waals surface area contributed by atoms with Crippen molar-refractivity contribution in [2.75, 3.05) is 20.2 Å². The van der Waals surface area contributed by atoms with Crippen molar-refractivity contribution in [3.05, 3.63) is 28.8 Å². The van der Waals surface area contributed by atoms with Gasteiger partial charge < -0.3 is 19.8 Å². The summed E-state index contributed by atoms with van der Waals surface area (Å²) in [6, 6.07) is 3.46. The third-order valence-electron chi connectivity index (χ3n) is 4.24. The zero-order valence-electron chi connectivity index (χ0n) is 12.9. The summed E-state index contributed by atoms with van der Waals surface area (Å²) >= 11 is 0. The second-order valence-corrected chi connectivity index (χ2v) is 5.68. The van der Waals surface area contributed by atoms with Gasteiger partial charge in [0.1, 0.15) is 6.10 Å². The lowest BCUT2D eigenvalue weighted by atomic mass is 9.94. The van der Waals surface area contributed by atoms with Crippen LogP contribution in [0.25, 0.3) is 10.9 Å². The van der Waals surface area contributed by atoms with Crippen molar-refractivity contribution < 1.29 is 9.47 Å². The van der Waals surface area contributed by atoms with Gasteiger partial charge in [-0.05, 0) is 32.4 Å². The average molecular weight is 303 g/mol. The molecule has 0 saturated carbocycles. The Balaban J connectivity index is 1.90. The maximum Gasteiger partial charge on any atom is 0.258 e. The lowest BCUT2D eigenvalue weighted by Crippen LogP contribution is -2.37. The number of ether oxygens (including phenoxy) is 2. The van der Waals surface area contributed by atoms with Crippen molar-refractivity contribution in [3.63, 3.8) is 0 Å². The van der Waals surface area contributed by atoms with Crippen molar-refractivity contribution in [2.45, 2.75) is 25.9 Å². The summed E-state index contributed by atoms with van der Waals surface area (Å²) in [6.07, 6.45) is 3.79. The molecule has 6 heteroatoms. The van der Waals surface area contributed by atoms with E-state index < -0.39 is 0 Å². The minimum atomic E-state index is -0.181. The Kier molecular flexibility index (Phi) is 4.29. The van der Waals surface area contributed by atoms with E-state index >= 15 is 0 Å². The highest BCUT2D eigenvalue weighted by molar-refractivity contribution is 5.81. The van der Waals surface area contributed by atoms with Crippen LogP contribution in [0.3, 0.4) is 0 Å². The Morgan fingerprint density at radius 3 is 2.95 bits per heavy atom. The number of hydrogen-bond acceptors (Lipinski definition) is 5. The fraction of sp³-hybridized carbons (Fsp3) is 0.500. The molecule has 2 atom stereocenters. The highest BCUT2D eigenvalue weighted by atomic mass is 16.5. The number of nitrogens with one attached hydrogen (secondary N) is 2. The molecule has 22 heavy (non-hydrogen) atoms. The third kappa shape index (κ3) is 2.92. The topological polar surface area (TPSA) is 76.2 Å². The van der Waals surface area contributed by atoms with Gasteiger partial charge in [0.2, 0.25) is 0 Å². The average Bonchev–Trinajstić information content (AvgIpc) is 2.55. The zero-order valence-corrected chi connectivity index (χ0v) is 12.9. The molecule has 1 aromatic heterocycles. The Morgan fingerprint density at radius 2 is 2.23 bits per heavy atom. The first-order chi connectivity index (χ1) is 10.7. The van der Waals surface area contributed by atoms with E-state index in [1.807, 2.05) is 0 Å². The van der Waals surface area contributed by atoms with E-state index in [0.717, 1.165) is 19.5 Å². The molecule has 3 rings (SSSR count). The van der Waals surface area contributed by atoms with Crippen LogP contribution >= 0.6 is 0 Å². The van der Waals surface area contributed by atoms with Crippen molar-refractivity contribution in [3.8, 4) is 11.5 Å². The zero-order chi connectivity index (χ0) is 15.5. The predicted octanol–water partition coefficient (Wildman–Crippen LogP) is 1.70. The summed E-state index contributed by atoms with van der Waals surface area (Å²) in [4.78, 5) is 18.6. The molecule has 2 N–H and O–H groups in total. The Hall–Kier alpha value is -2.08. The maximum absolute atomic E-state index is 11.8. The highest BCUT2D eigenvalue weighted by Crippen LogP contribution is 2.32. The molecule has 0 radical (unpaired) electrons.